The van der Waals surface area contributed by atoms with Crippen molar-refractivity contribution < 1.29 is 0 Å². The fraction of sp³-hybridized carbons (Fsp3) is 0.188. The number of nitrogens with zero attached hydrogens (tertiary/aromatic N) is 3. The molecule has 0 fully saturated rings. The summed E-state index contributed by atoms with van der Waals surface area (Å²) in [7, 11) is 0. The topological polar surface area (TPSA) is 50.7 Å². The first-order valence-electron chi connectivity index (χ1n) is 6.67. The third-order valence-corrected chi connectivity index (χ3v) is 2.95. The zero-order chi connectivity index (χ0) is 13.9. The first-order valence-corrected chi connectivity index (χ1v) is 6.67. The molecule has 4 heteroatoms. The molecule has 2 aromatic heterocycles. The van der Waals surface area contributed by atoms with Gasteiger partial charge in [0.05, 0.1) is 0 Å². The van der Waals surface area contributed by atoms with Gasteiger partial charge in [-0.25, -0.2) is 15.0 Å². The van der Waals surface area contributed by atoms with Gasteiger partial charge < -0.3 is 5.32 Å². The van der Waals surface area contributed by atoms with E-state index in [9.17, 15) is 0 Å². The van der Waals surface area contributed by atoms with E-state index in [0.717, 1.165) is 22.3 Å². The van der Waals surface area contributed by atoms with Crippen LogP contribution in [0.2, 0.25) is 0 Å². The second kappa shape index (κ2) is 5.25. The highest BCUT2D eigenvalue weighted by molar-refractivity contribution is 5.75. The van der Waals surface area contributed by atoms with Gasteiger partial charge >= 0.3 is 0 Å². The van der Waals surface area contributed by atoms with Crippen LogP contribution in [0.1, 0.15) is 13.8 Å². The molecule has 0 atom stereocenters. The van der Waals surface area contributed by atoms with E-state index >= 15 is 0 Å². The molecule has 1 aromatic carbocycles. The molecule has 100 valence electrons. The fourth-order valence-corrected chi connectivity index (χ4v) is 2.05. The van der Waals surface area contributed by atoms with Crippen molar-refractivity contribution in [1.82, 2.24) is 15.0 Å². The van der Waals surface area contributed by atoms with Gasteiger partial charge in [-0.3, -0.25) is 0 Å². The van der Waals surface area contributed by atoms with E-state index in [1.165, 1.54) is 0 Å². The normalized spacial score (nSPS) is 10.9. The number of fused-ring (bicyclic) bond motifs is 1. The molecule has 0 saturated carbocycles. The third kappa shape index (κ3) is 2.59. The van der Waals surface area contributed by atoms with Crippen molar-refractivity contribution in [1.29, 1.82) is 0 Å². The smallest absolute Gasteiger partial charge is 0.163 e. The Bertz CT molecular complexity index is 720. The Morgan fingerprint density at radius 2 is 1.80 bits per heavy atom. The van der Waals surface area contributed by atoms with Crippen LogP contribution in [0, 0.1) is 0 Å². The highest BCUT2D eigenvalue weighted by Gasteiger charge is 2.04. The minimum Gasteiger partial charge on any atom is -0.383 e. The first-order chi connectivity index (χ1) is 9.72. The lowest BCUT2D eigenvalue weighted by atomic mass is 10.2. The van der Waals surface area contributed by atoms with Gasteiger partial charge in [0.2, 0.25) is 0 Å². The minimum atomic E-state index is 0.418. The van der Waals surface area contributed by atoms with Crippen LogP contribution in [0.25, 0.3) is 22.4 Å². The Hall–Kier alpha value is -2.49. The van der Waals surface area contributed by atoms with Gasteiger partial charge in [-0.1, -0.05) is 0 Å². The van der Waals surface area contributed by atoms with E-state index in [0.29, 0.717) is 11.9 Å². The monoisotopic (exact) mass is 264 g/mol. The molecular formula is C16H16N4. The molecule has 0 saturated heterocycles. The van der Waals surface area contributed by atoms with Gasteiger partial charge in [0.1, 0.15) is 0 Å². The van der Waals surface area contributed by atoms with Crippen LogP contribution in [0.4, 0.5) is 5.69 Å². The minimum absolute atomic E-state index is 0.418. The Morgan fingerprint density at radius 1 is 1.00 bits per heavy atom. The maximum atomic E-state index is 4.49. The number of rotatable bonds is 3. The fourth-order valence-electron chi connectivity index (χ4n) is 2.05. The maximum absolute atomic E-state index is 4.49. The highest BCUT2D eigenvalue weighted by atomic mass is 14.9. The molecule has 0 unspecified atom stereocenters. The molecule has 3 rings (SSSR count). The van der Waals surface area contributed by atoms with Gasteiger partial charge in [-0.05, 0) is 50.2 Å². The molecule has 0 amide bonds. The molecule has 0 bridgehead atoms. The zero-order valence-electron chi connectivity index (χ0n) is 11.5. The summed E-state index contributed by atoms with van der Waals surface area (Å²) in [5.74, 6) is 0.701. The molecule has 3 aromatic rings. The van der Waals surface area contributed by atoms with Crippen LogP contribution in [0.5, 0.6) is 0 Å². The summed E-state index contributed by atoms with van der Waals surface area (Å²) in [5, 5.41) is 4.31. The summed E-state index contributed by atoms with van der Waals surface area (Å²) in [6.07, 6.45) is 3.56. The summed E-state index contributed by atoms with van der Waals surface area (Å²) in [6, 6.07) is 12.4. The largest absolute Gasteiger partial charge is 0.383 e. The lowest BCUT2D eigenvalue weighted by Crippen LogP contribution is -2.09. The number of nitrogens with one attached hydrogen (secondary N) is 1. The Balaban J connectivity index is 1.94. The van der Waals surface area contributed by atoms with Gasteiger partial charge in [-0.15, -0.1) is 0 Å². The van der Waals surface area contributed by atoms with E-state index in [1.807, 2.05) is 42.6 Å². The van der Waals surface area contributed by atoms with Crippen molar-refractivity contribution in [3.63, 3.8) is 0 Å². The zero-order valence-corrected chi connectivity index (χ0v) is 11.5. The SMILES string of the molecule is CC(C)Nc1ccc(-c2ncc3cccnc3n2)cc1. The number of anilines is 1. The van der Waals surface area contributed by atoms with Crippen LogP contribution in [-0.2, 0) is 0 Å². The van der Waals surface area contributed by atoms with Gasteiger partial charge in [0.15, 0.2) is 11.5 Å². The van der Waals surface area contributed by atoms with E-state index < -0.39 is 0 Å². The van der Waals surface area contributed by atoms with Crippen LogP contribution in [-0.4, -0.2) is 21.0 Å². The lowest BCUT2D eigenvalue weighted by molar-refractivity contribution is 0.900. The summed E-state index contributed by atoms with van der Waals surface area (Å²) in [6.45, 7) is 4.23. The van der Waals surface area contributed by atoms with Crippen molar-refractivity contribution >= 4 is 16.7 Å². The number of pyridine rings is 1. The molecular weight excluding hydrogens is 248 g/mol. The van der Waals surface area contributed by atoms with Crippen LogP contribution < -0.4 is 5.32 Å². The Labute approximate surface area is 117 Å². The van der Waals surface area contributed by atoms with E-state index in [4.69, 9.17) is 0 Å². The Kier molecular flexibility index (Phi) is 3.29. The average Bonchev–Trinajstić information content (AvgIpc) is 2.47. The number of hydrogen-bond acceptors (Lipinski definition) is 4. The predicted molar refractivity (Wildman–Crippen MR) is 81.5 cm³/mol. The number of hydrogen-bond donors (Lipinski definition) is 1. The molecule has 20 heavy (non-hydrogen) atoms. The van der Waals surface area contributed by atoms with Crippen LogP contribution in [0.3, 0.4) is 0 Å². The summed E-state index contributed by atoms with van der Waals surface area (Å²) >= 11 is 0. The quantitative estimate of drug-likeness (QED) is 0.786. The maximum Gasteiger partial charge on any atom is 0.163 e. The molecule has 0 aliphatic heterocycles. The molecule has 0 aliphatic rings. The van der Waals surface area contributed by atoms with Gasteiger partial charge in [-0.2, -0.15) is 0 Å². The average molecular weight is 264 g/mol. The molecule has 1 N–H and O–H groups in total. The molecule has 0 spiro atoms. The van der Waals surface area contributed by atoms with Gasteiger partial charge in [0, 0.05) is 35.1 Å². The first kappa shape index (κ1) is 12.5. The molecule has 4 nitrogen and oxygen atoms in total. The van der Waals surface area contributed by atoms with Crippen molar-refractivity contribution in [2.75, 3.05) is 5.32 Å². The van der Waals surface area contributed by atoms with Gasteiger partial charge in [0.25, 0.3) is 0 Å². The van der Waals surface area contributed by atoms with Crippen molar-refractivity contribution in [3.8, 4) is 11.4 Å². The summed E-state index contributed by atoms with van der Waals surface area (Å²) in [4.78, 5) is 13.2. The van der Waals surface area contributed by atoms with Crippen molar-refractivity contribution in [2.45, 2.75) is 19.9 Å². The summed E-state index contributed by atoms with van der Waals surface area (Å²) < 4.78 is 0. The molecule has 2 heterocycles. The second-order valence-electron chi connectivity index (χ2n) is 4.99. The molecule has 0 radical (unpaired) electrons. The van der Waals surface area contributed by atoms with Crippen LogP contribution in [0.15, 0.2) is 48.8 Å². The van der Waals surface area contributed by atoms with E-state index in [-0.39, 0.29) is 0 Å². The predicted octanol–water partition coefficient (Wildman–Crippen LogP) is 3.51. The number of benzene rings is 1. The van der Waals surface area contributed by atoms with E-state index in [1.54, 1.807) is 6.20 Å². The molecule has 0 aliphatic carbocycles. The highest BCUT2D eigenvalue weighted by Crippen LogP contribution is 2.19. The second-order valence-corrected chi connectivity index (χ2v) is 4.99. The summed E-state index contributed by atoms with van der Waals surface area (Å²) in [5.41, 5.74) is 2.82. The van der Waals surface area contributed by atoms with E-state index in [2.05, 4.69) is 34.1 Å². The standard InChI is InChI=1S/C16H16N4/c1-11(2)19-14-7-5-12(6-8-14)15-18-10-13-4-3-9-17-16(13)20-15/h3-11,19H,1-2H3. The van der Waals surface area contributed by atoms with Crippen LogP contribution >= 0.6 is 0 Å². The lowest BCUT2D eigenvalue weighted by Gasteiger charge is -2.10. The Morgan fingerprint density at radius 3 is 2.55 bits per heavy atom. The third-order valence-electron chi connectivity index (χ3n) is 2.95. The van der Waals surface area contributed by atoms with Crippen molar-refractivity contribution in [2.24, 2.45) is 0 Å². The van der Waals surface area contributed by atoms with Crippen molar-refractivity contribution in [3.05, 3.63) is 48.8 Å². The number of aromatic nitrogens is 3.